The molecule has 1 atom stereocenters. The van der Waals surface area contributed by atoms with Crippen molar-refractivity contribution in [3.63, 3.8) is 0 Å². The van der Waals surface area contributed by atoms with Crippen LogP contribution in [-0.4, -0.2) is 31.6 Å². The number of nitrogens with zero attached hydrogens (tertiary/aromatic N) is 2. The van der Waals surface area contributed by atoms with E-state index in [-0.39, 0.29) is 17.9 Å². The molecule has 0 aliphatic rings. The molecule has 4 aromatic rings. The molecule has 2 aromatic heterocycles. The van der Waals surface area contributed by atoms with Gasteiger partial charge in [0.15, 0.2) is 5.16 Å². The van der Waals surface area contributed by atoms with Gasteiger partial charge in [-0.25, -0.2) is 9.97 Å². The molecule has 0 spiro atoms. The van der Waals surface area contributed by atoms with Gasteiger partial charge in [0.25, 0.3) is 0 Å². The number of imidazole rings is 2. The minimum atomic E-state index is -0.127. The van der Waals surface area contributed by atoms with E-state index in [4.69, 9.17) is 0 Å². The number of hydrogen-bond donors (Lipinski definition) is 3. The number of aromatic amines is 2. The van der Waals surface area contributed by atoms with Crippen LogP contribution in [0.3, 0.4) is 0 Å². The zero-order valence-corrected chi connectivity index (χ0v) is 17.4. The third-order valence-corrected chi connectivity index (χ3v) is 5.80. The normalized spacial score (nSPS) is 12.7. The largest absolute Gasteiger partial charge is 0.346 e. The first-order chi connectivity index (χ1) is 14.1. The van der Waals surface area contributed by atoms with Crippen molar-refractivity contribution >= 4 is 39.7 Å². The Kier molecular flexibility index (Phi) is 5.85. The van der Waals surface area contributed by atoms with Crippen molar-refractivity contribution < 1.29 is 4.79 Å². The molecule has 150 valence electrons. The Labute approximate surface area is 173 Å². The van der Waals surface area contributed by atoms with Crippen molar-refractivity contribution in [1.29, 1.82) is 0 Å². The van der Waals surface area contributed by atoms with Crippen LogP contribution < -0.4 is 5.32 Å². The Morgan fingerprint density at radius 3 is 2.31 bits per heavy atom. The van der Waals surface area contributed by atoms with E-state index in [1.807, 2.05) is 48.5 Å². The Hall–Kier alpha value is -2.80. The van der Waals surface area contributed by atoms with Gasteiger partial charge in [-0.05, 0) is 36.6 Å². The summed E-state index contributed by atoms with van der Waals surface area (Å²) in [6.07, 6.45) is 1.27. The van der Waals surface area contributed by atoms with E-state index in [0.29, 0.717) is 6.42 Å². The second-order valence-corrected chi connectivity index (χ2v) is 8.52. The third-order valence-electron chi connectivity index (χ3n) is 4.84. The number of rotatable bonds is 8. The number of carbonyl (C=O) groups excluding carboxylic acids is 1. The second-order valence-electron chi connectivity index (χ2n) is 7.44. The molecule has 0 radical (unpaired) electrons. The highest BCUT2D eigenvalue weighted by Gasteiger charge is 2.21. The molecule has 0 bridgehead atoms. The van der Waals surface area contributed by atoms with Crippen molar-refractivity contribution in [1.82, 2.24) is 25.3 Å². The molecule has 2 aromatic carbocycles. The summed E-state index contributed by atoms with van der Waals surface area (Å²) < 4.78 is 0. The van der Waals surface area contributed by atoms with Crippen LogP contribution in [0.2, 0.25) is 0 Å². The number of H-pyrrole nitrogens is 2. The number of amides is 1. The van der Waals surface area contributed by atoms with Crippen LogP contribution in [0, 0.1) is 5.92 Å². The topological polar surface area (TPSA) is 86.5 Å². The lowest BCUT2D eigenvalue weighted by molar-refractivity contribution is -0.122. The van der Waals surface area contributed by atoms with Crippen LogP contribution in [0.1, 0.15) is 38.6 Å². The minimum Gasteiger partial charge on any atom is -0.346 e. The number of benzene rings is 2. The van der Waals surface area contributed by atoms with Crippen LogP contribution in [0.4, 0.5) is 0 Å². The molecule has 4 rings (SSSR count). The van der Waals surface area contributed by atoms with Gasteiger partial charge >= 0.3 is 0 Å². The van der Waals surface area contributed by atoms with E-state index >= 15 is 0 Å². The first-order valence-corrected chi connectivity index (χ1v) is 10.9. The van der Waals surface area contributed by atoms with Gasteiger partial charge in [-0.1, -0.05) is 49.9 Å². The van der Waals surface area contributed by atoms with E-state index < -0.39 is 0 Å². The summed E-state index contributed by atoms with van der Waals surface area (Å²) in [6.45, 7) is 4.19. The Balaban J connectivity index is 1.30. The molecule has 6 nitrogen and oxygen atoms in total. The molecule has 29 heavy (non-hydrogen) atoms. The molecule has 0 saturated heterocycles. The third kappa shape index (κ3) is 4.62. The Bertz CT molecular complexity index is 1050. The summed E-state index contributed by atoms with van der Waals surface area (Å²) in [5.41, 5.74) is 3.92. The average molecular weight is 408 g/mol. The SMILES string of the molecule is CC(C)C(NC(=O)CCCSc1nc2ccccc2[nH]1)c1nc2ccccc2[nH]1. The first kappa shape index (κ1) is 19.5. The maximum absolute atomic E-state index is 12.5. The molecule has 0 fully saturated rings. The lowest BCUT2D eigenvalue weighted by Gasteiger charge is -2.20. The molecule has 0 aliphatic carbocycles. The van der Waals surface area contributed by atoms with E-state index in [9.17, 15) is 4.79 Å². The molecule has 7 heteroatoms. The molecule has 0 aliphatic heterocycles. The van der Waals surface area contributed by atoms with Crippen molar-refractivity contribution in [2.24, 2.45) is 5.92 Å². The molecule has 2 heterocycles. The predicted molar refractivity (Wildman–Crippen MR) is 118 cm³/mol. The van der Waals surface area contributed by atoms with Crippen molar-refractivity contribution in [3.8, 4) is 0 Å². The van der Waals surface area contributed by atoms with Crippen LogP contribution in [0.25, 0.3) is 22.1 Å². The number of carbonyl (C=O) groups is 1. The van der Waals surface area contributed by atoms with E-state index in [0.717, 1.165) is 45.2 Å². The molecule has 3 N–H and O–H groups in total. The van der Waals surface area contributed by atoms with Crippen LogP contribution in [-0.2, 0) is 4.79 Å². The Morgan fingerprint density at radius 1 is 1.00 bits per heavy atom. The highest BCUT2D eigenvalue weighted by atomic mass is 32.2. The highest BCUT2D eigenvalue weighted by Crippen LogP contribution is 2.23. The zero-order chi connectivity index (χ0) is 20.2. The molecule has 1 amide bonds. The van der Waals surface area contributed by atoms with Gasteiger partial charge in [-0.15, -0.1) is 0 Å². The van der Waals surface area contributed by atoms with E-state index in [1.165, 1.54) is 0 Å². The lowest BCUT2D eigenvalue weighted by Crippen LogP contribution is -2.32. The quantitative estimate of drug-likeness (QED) is 0.289. The van der Waals surface area contributed by atoms with Crippen molar-refractivity contribution in [2.45, 2.75) is 37.9 Å². The van der Waals surface area contributed by atoms with E-state index in [2.05, 4.69) is 39.1 Å². The van der Waals surface area contributed by atoms with Crippen molar-refractivity contribution in [3.05, 3.63) is 54.4 Å². The number of para-hydroxylation sites is 4. The summed E-state index contributed by atoms with van der Waals surface area (Å²) in [4.78, 5) is 28.4. The van der Waals surface area contributed by atoms with Gasteiger partial charge in [0.2, 0.25) is 5.91 Å². The smallest absolute Gasteiger partial charge is 0.220 e. The fourth-order valence-corrected chi connectivity index (χ4v) is 4.14. The van der Waals surface area contributed by atoms with Crippen LogP contribution in [0.15, 0.2) is 53.7 Å². The maximum Gasteiger partial charge on any atom is 0.220 e. The highest BCUT2D eigenvalue weighted by molar-refractivity contribution is 7.99. The van der Waals surface area contributed by atoms with Gasteiger partial charge < -0.3 is 15.3 Å². The monoisotopic (exact) mass is 407 g/mol. The number of nitrogens with one attached hydrogen (secondary N) is 3. The number of hydrogen-bond acceptors (Lipinski definition) is 4. The summed E-state index contributed by atoms with van der Waals surface area (Å²) in [5.74, 6) is 1.94. The molecule has 0 saturated carbocycles. The van der Waals surface area contributed by atoms with Gasteiger partial charge in [-0.3, -0.25) is 4.79 Å². The predicted octanol–water partition coefficient (Wildman–Crippen LogP) is 4.83. The van der Waals surface area contributed by atoms with Gasteiger partial charge in [0.1, 0.15) is 5.82 Å². The second kappa shape index (κ2) is 8.69. The fourth-order valence-electron chi connectivity index (χ4n) is 3.32. The first-order valence-electron chi connectivity index (χ1n) is 9.91. The molecular formula is C22H25N5OS. The maximum atomic E-state index is 12.5. The number of fused-ring (bicyclic) bond motifs is 2. The molecular weight excluding hydrogens is 382 g/mol. The van der Waals surface area contributed by atoms with Crippen LogP contribution >= 0.6 is 11.8 Å². The number of thioether (sulfide) groups is 1. The zero-order valence-electron chi connectivity index (χ0n) is 16.6. The lowest BCUT2D eigenvalue weighted by atomic mass is 10.0. The summed E-state index contributed by atoms with van der Waals surface area (Å²) >= 11 is 1.65. The summed E-state index contributed by atoms with van der Waals surface area (Å²) in [6, 6.07) is 15.8. The van der Waals surface area contributed by atoms with Crippen molar-refractivity contribution in [2.75, 3.05) is 5.75 Å². The fraction of sp³-hybridized carbons (Fsp3) is 0.318. The Morgan fingerprint density at radius 2 is 1.66 bits per heavy atom. The van der Waals surface area contributed by atoms with Gasteiger partial charge in [0.05, 0.1) is 28.1 Å². The minimum absolute atomic E-state index is 0.0503. The standard InChI is InChI=1S/C22H25N5OS/c1-14(2)20(21-23-15-8-3-4-9-16(15)24-21)27-19(28)12-7-13-29-22-25-17-10-5-6-11-18(17)26-22/h3-6,8-11,14,20H,7,12-13H2,1-2H3,(H,23,24)(H,25,26)(H,27,28). The summed E-state index contributed by atoms with van der Waals surface area (Å²) in [5, 5.41) is 4.05. The van der Waals surface area contributed by atoms with Gasteiger partial charge in [-0.2, -0.15) is 0 Å². The number of aromatic nitrogens is 4. The average Bonchev–Trinajstić information content (AvgIpc) is 3.32. The molecule has 1 unspecified atom stereocenters. The van der Waals surface area contributed by atoms with E-state index in [1.54, 1.807) is 11.8 Å². The van der Waals surface area contributed by atoms with Gasteiger partial charge in [0, 0.05) is 12.2 Å². The summed E-state index contributed by atoms with van der Waals surface area (Å²) in [7, 11) is 0. The van der Waals surface area contributed by atoms with Crippen LogP contribution in [0.5, 0.6) is 0 Å².